The molecule has 1 aromatic rings. The van der Waals surface area contributed by atoms with Crippen LogP contribution in [0.5, 0.6) is 0 Å². The first-order valence-corrected chi connectivity index (χ1v) is 6.99. The van der Waals surface area contributed by atoms with Crippen LogP contribution in [0.25, 0.3) is 0 Å². The van der Waals surface area contributed by atoms with Crippen LogP contribution >= 0.6 is 35.1 Å². The van der Waals surface area contributed by atoms with Crippen molar-refractivity contribution in [1.82, 2.24) is 9.36 Å². The van der Waals surface area contributed by atoms with Crippen LogP contribution in [0.4, 0.5) is 5.13 Å². The second kappa shape index (κ2) is 4.52. The van der Waals surface area contributed by atoms with E-state index in [1.54, 1.807) is 0 Å². The summed E-state index contributed by atoms with van der Waals surface area (Å²) < 4.78 is 4.81. The first-order chi connectivity index (χ1) is 6.34. The highest BCUT2D eigenvalue weighted by atomic mass is 32.2. The van der Waals surface area contributed by atoms with Gasteiger partial charge in [0.2, 0.25) is 5.13 Å². The molecule has 2 heterocycles. The summed E-state index contributed by atoms with van der Waals surface area (Å²) in [4.78, 5) is 4.25. The van der Waals surface area contributed by atoms with Gasteiger partial charge in [0.15, 0.2) is 0 Å². The van der Waals surface area contributed by atoms with Crippen molar-refractivity contribution in [1.29, 1.82) is 0 Å². The fraction of sp³-hybridized carbons (Fsp3) is 0.714. The van der Waals surface area contributed by atoms with Crippen LogP contribution in [0, 0.1) is 6.92 Å². The molecule has 0 amide bonds. The van der Waals surface area contributed by atoms with Crippen LogP contribution in [0.1, 0.15) is 5.82 Å². The number of hydrogen-bond donors (Lipinski definition) is 1. The Hall–Kier alpha value is 0.0600. The molecule has 1 N–H and O–H groups in total. The molecule has 3 nitrogen and oxygen atoms in total. The molecule has 1 fully saturated rings. The molecule has 1 aromatic heterocycles. The lowest BCUT2D eigenvalue weighted by Crippen LogP contribution is -2.10. The first-order valence-electron chi connectivity index (χ1n) is 4.12. The molecule has 1 aliphatic rings. The highest BCUT2D eigenvalue weighted by Crippen LogP contribution is 2.31. The minimum absolute atomic E-state index is 0.698. The summed E-state index contributed by atoms with van der Waals surface area (Å²) in [5.41, 5.74) is 0. The molecular weight excluding hydrogens is 222 g/mol. The van der Waals surface area contributed by atoms with Gasteiger partial charge in [-0.25, -0.2) is 4.98 Å². The molecule has 0 spiro atoms. The molecule has 0 unspecified atom stereocenters. The summed E-state index contributed by atoms with van der Waals surface area (Å²) in [6.45, 7) is 2.92. The molecule has 0 bridgehead atoms. The number of nitrogens with one attached hydrogen (secondary N) is 1. The molecule has 6 heteroatoms. The van der Waals surface area contributed by atoms with Gasteiger partial charge < -0.3 is 5.32 Å². The fourth-order valence-corrected chi connectivity index (χ4v) is 4.31. The minimum Gasteiger partial charge on any atom is -0.358 e. The average Bonchev–Trinajstić information content (AvgIpc) is 2.71. The minimum atomic E-state index is 0.698. The van der Waals surface area contributed by atoms with Crippen LogP contribution in [-0.4, -0.2) is 32.0 Å². The number of anilines is 1. The van der Waals surface area contributed by atoms with Gasteiger partial charge in [0.05, 0.1) is 4.58 Å². The van der Waals surface area contributed by atoms with E-state index in [4.69, 9.17) is 0 Å². The fourth-order valence-electron chi connectivity index (χ4n) is 1.06. The van der Waals surface area contributed by atoms with Crippen LogP contribution in [0.2, 0.25) is 0 Å². The average molecular weight is 233 g/mol. The second-order valence-electron chi connectivity index (χ2n) is 2.70. The van der Waals surface area contributed by atoms with Crippen molar-refractivity contribution >= 4 is 40.2 Å². The van der Waals surface area contributed by atoms with Crippen LogP contribution < -0.4 is 5.32 Å². The van der Waals surface area contributed by atoms with Crippen molar-refractivity contribution in [3.63, 3.8) is 0 Å². The Morgan fingerprint density at radius 1 is 1.46 bits per heavy atom. The molecule has 1 aliphatic heterocycles. The van der Waals surface area contributed by atoms with Gasteiger partial charge in [0.25, 0.3) is 0 Å². The molecule has 0 atom stereocenters. The monoisotopic (exact) mass is 233 g/mol. The third-order valence-electron chi connectivity index (χ3n) is 1.64. The number of rotatable bonds is 3. The van der Waals surface area contributed by atoms with Crippen LogP contribution in [0.3, 0.4) is 0 Å². The number of aryl methyl sites for hydroxylation is 1. The third kappa shape index (κ3) is 2.75. The maximum absolute atomic E-state index is 4.25. The molecule has 1 saturated heterocycles. The maximum atomic E-state index is 4.25. The lowest BCUT2D eigenvalue weighted by atomic mass is 10.7. The Morgan fingerprint density at radius 2 is 2.23 bits per heavy atom. The predicted molar refractivity (Wildman–Crippen MR) is 61.8 cm³/mol. The van der Waals surface area contributed by atoms with Gasteiger partial charge in [-0.15, -0.1) is 23.5 Å². The number of thioether (sulfide) groups is 2. The normalized spacial score (nSPS) is 17.9. The summed E-state index contributed by atoms with van der Waals surface area (Å²) in [6.07, 6.45) is 0. The Labute approximate surface area is 90.3 Å². The van der Waals surface area contributed by atoms with Crippen molar-refractivity contribution < 1.29 is 0 Å². The maximum Gasteiger partial charge on any atom is 0.202 e. The zero-order valence-corrected chi connectivity index (χ0v) is 9.77. The second-order valence-corrected chi connectivity index (χ2v) is 6.37. The molecular formula is C7H11N3S3. The van der Waals surface area contributed by atoms with E-state index in [1.807, 2.05) is 30.4 Å². The van der Waals surface area contributed by atoms with E-state index in [2.05, 4.69) is 14.7 Å². The van der Waals surface area contributed by atoms with E-state index in [0.717, 1.165) is 17.5 Å². The van der Waals surface area contributed by atoms with E-state index in [0.29, 0.717) is 4.58 Å². The van der Waals surface area contributed by atoms with Crippen molar-refractivity contribution in [2.24, 2.45) is 0 Å². The van der Waals surface area contributed by atoms with Gasteiger partial charge in [-0.3, -0.25) is 0 Å². The molecule has 72 valence electrons. The summed E-state index contributed by atoms with van der Waals surface area (Å²) in [5, 5.41) is 4.26. The Bertz CT molecular complexity index is 270. The number of hydrogen-bond acceptors (Lipinski definition) is 6. The van der Waals surface area contributed by atoms with Crippen LogP contribution in [0.15, 0.2) is 0 Å². The molecule has 13 heavy (non-hydrogen) atoms. The van der Waals surface area contributed by atoms with E-state index in [9.17, 15) is 0 Å². The van der Waals surface area contributed by atoms with Crippen molar-refractivity contribution in [3.05, 3.63) is 5.82 Å². The van der Waals surface area contributed by atoms with Crippen molar-refractivity contribution in [2.45, 2.75) is 11.5 Å². The lowest BCUT2D eigenvalue weighted by molar-refractivity contribution is 1.12. The lowest BCUT2D eigenvalue weighted by Gasteiger charge is -2.06. The van der Waals surface area contributed by atoms with E-state index in [-0.39, 0.29) is 0 Å². The number of nitrogens with zero attached hydrogens (tertiary/aromatic N) is 2. The van der Waals surface area contributed by atoms with Gasteiger partial charge in [0.1, 0.15) is 5.82 Å². The summed E-state index contributed by atoms with van der Waals surface area (Å²) >= 11 is 5.49. The smallest absolute Gasteiger partial charge is 0.202 e. The van der Waals surface area contributed by atoms with Gasteiger partial charge in [0, 0.05) is 29.6 Å². The Kier molecular flexibility index (Phi) is 3.34. The third-order valence-corrected chi connectivity index (χ3v) is 5.43. The first kappa shape index (κ1) is 9.61. The quantitative estimate of drug-likeness (QED) is 0.865. The van der Waals surface area contributed by atoms with Gasteiger partial charge in [-0.2, -0.15) is 4.37 Å². The van der Waals surface area contributed by atoms with E-state index in [1.165, 1.54) is 23.0 Å². The summed E-state index contributed by atoms with van der Waals surface area (Å²) in [7, 11) is 0. The SMILES string of the molecule is Cc1nsc(NCC2SCCS2)n1. The van der Waals surface area contributed by atoms with E-state index < -0.39 is 0 Å². The predicted octanol–water partition coefficient (Wildman–Crippen LogP) is 2.06. The van der Waals surface area contributed by atoms with Crippen molar-refractivity contribution in [3.8, 4) is 0 Å². The molecule has 0 aromatic carbocycles. The zero-order chi connectivity index (χ0) is 9.10. The van der Waals surface area contributed by atoms with Gasteiger partial charge in [-0.1, -0.05) is 0 Å². The number of aromatic nitrogens is 2. The van der Waals surface area contributed by atoms with Gasteiger partial charge >= 0.3 is 0 Å². The molecule has 0 aliphatic carbocycles. The van der Waals surface area contributed by atoms with Gasteiger partial charge in [-0.05, 0) is 6.92 Å². The molecule has 0 radical (unpaired) electrons. The molecule has 0 saturated carbocycles. The topological polar surface area (TPSA) is 37.8 Å². The van der Waals surface area contributed by atoms with Crippen molar-refractivity contribution in [2.75, 3.05) is 23.4 Å². The zero-order valence-electron chi connectivity index (χ0n) is 7.32. The van der Waals surface area contributed by atoms with Crippen LogP contribution in [-0.2, 0) is 0 Å². The van der Waals surface area contributed by atoms with E-state index >= 15 is 0 Å². The Balaban J connectivity index is 1.78. The summed E-state index contributed by atoms with van der Waals surface area (Å²) in [6, 6.07) is 0. The Morgan fingerprint density at radius 3 is 2.85 bits per heavy atom. The highest BCUT2D eigenvalue weighted by molar-refractivity contribution is 8.20. The molecule has 2 rings (SSSR count). The largest absolute Gasteiger partial charge is 0.358 e. The standard InChI is InChI=1S/C7H11N3S3/c1-5-9-7(13-10-5)8-4-6-11-2-3-12-6/h6H,2-4H2,1H3,(H,8,9,10). The summed E-state index contributed by atoms with van der Waals surface area (Å²) in [5.74, 6) is 3.43. The highest BCUT2D eigenvalue weighted by Gasteiger charge is 2.15.